The number of hydrogen-bond donors (Lipinski definition) is 4. The fourth-order valence-electron chi connectivity index (χ4n) is 4.40. The van der Waals surface area contributed by atoms with Crippen LogP contribution in [-0.4, -0.2) is 59.9 Å². The van der Waals surface area contributed by atoms with E-state index in [-0.39, 0.29) is 54.7 Å². The van der Waals surface area contributed by atoms with E-state index in [1.165, 1.54) is 0 Å². The van der Waals surface area contributed by atoms with E-state index in [2.05, 4.69) is 26.3 Å². The zero-order valence-electron chi connectivity index (χ0n) is 23.7. The molecule has 0 unspecified atom stereocenters. The van der Waals surface area contributed by atoms with Crippen LogP contribution in [0, 0.1) is 11.8 Å². The van der Waals surface area contributed by atoms with Gasteiger partial charge in [-0.3, -0.25) is 24.2 Å². The molecule has 0 saturated carbocycles. The third-order valence-corrected chi connectivity index (χ3v) is 6.79. The van der Waals surface area contributed by atoms with Gasteiger partial charge in [-0.2, -0.15) is 0 Å². The van der Waals surface area contributed by atoms with Crippen LogP contribution in [0.15, 0.2) is 48.8 Å². The van der Waals surface area contributed by atoms with Gasteiger partial charge >= 0.3 is 0 Å². The molecule has 2 heterocycles. The molecule has 3 atom stereocenters. The van der Waals surface area contributed by atoms with Crippen molar-refractivity contribution in [1.82, 2.24) is 26.3 Å². The summed E-state index contributed by atoms with van der Waals surface area (Å²) >= 11 is 0. The second-order valence-electron chi connectivity index (χ2n) is 10.9. The van der Waals surface area contributed by atoms with E-state index >= 15 is 0 Å². The zero-order valence-corrected chi connectivity index (χ0v) is 23.7. The summed E-state index contributed by atoms with van der Waals surface area (Å²) in [7, 11) is 0. The van der Waals surface area contributed by atoms with Crippen molar-refractivity contribution in [2.45, 2.75) is 71.5 Å². The largest absolute Gasteiger partial charge is 0.491 e. The number of ether oxygens (including phenoxy) is 1. The van der Waals surface area contributed by atoms with Gasteiger partial charge in [-0.25, -0.2) is 0 Å². The molecule has 1 aromatic carbocycles. The number of para-hydroxylation sites is 1. The summed E-state index contributed by atoms with van der Waals surface area (Å²) in [6.45, 7) is 8.39. The number of rotatable bonds is 7. The minimum absolute atomic E-state index is 0.0382. The number of carbonyl (C=O) groups is 4. The molecular weight excluding hydrogens is 510 g/mol. The smallest absolute Gasteiger partial charge is 0.255 e. The van der Waals surface area contributed by atoms with Crippen molar-refractivity contribution in [2.24, 2.45) is 11.8 Å². The van der Waals surface area contributed by atoms with Crippen LogP contribution in [0.5, 0.6) is 5.75 Å². The zero-order chi connectivity index (χ0) is 29.1. The quantitative estimate of drug-likeness (QED) is 0.417. The van der Waals surface area contributed by atoms with Crippen LogP contribution in [-0.2, 0) is 20.8 Å². The Morgan fingerprint density at radius 1 is 1.02 bits per heavy atom. The van der Waals surface area contributed by atoms with Gasteiger partial charge in [-0.1, -0.05) is 39.8 Å². The molecule has 216 valence electrons. The molecule has 0 aliphatic carbocycles. The van der Waals surface area contributed by atoms with E-state index in [4.69, 9.17) is 4.74 Å². The number of pyridine rings is 1. The maximum absolute atomic E-state index is 13.3. The van der Waals surface area contributed by atoms with Crippen molar-refractivity contribution in [3.63, 3.8) is 0 Å². The molecule has 10 heteroatoms. The van der Waals surface area contributed by atoms with Gasteiger partial charge in [0.05, 0.1) is 11.6 Å². The molecule has 0 spiro atoms. The molecule has 0 fully saturated rings. The van der Waals surface area contributed by atoms with Gasteiger partial charge in [0.25, 0.3) is 5.91 Å². The molecule has 1 aliphatic heterocycles. The van der Waals surface area contributed by atoms with E-state index < -0.39 is 23.9 Å². The molecule has 1 aromatic heterocycles. The first-order chi connectivity index (χ1) is 19.1. The van der Waals surface area contributed by atoms with Crippen LogP contribution in [0.1, 0.15) is 62.9 Å². The number of fused-ring (bicyclic) bond motifs is 1. The second kappa shape index (κ2) is 15.0. The highest BCUT2D eigenvalue weighted by atomic mass is 16.5. The average molecular weight is 552 g/mol. The van der Waals surface area contributed by atoms with Gasteiger partial charge in [0.2, 0.25) is 17.7 Å². The Kier molecular flexibility index (Phi) is 11.5. The van der Waals surface area contributed by atoms with Crippen molar-refractivity contribution >= 4 is 23.6 Å². The maximum Gasteiger partial charge on any atom is 0.255 e. The van der Waals surface area contributed by atoms with E-state index in [1.54, 1.807) is 36.7 Å². The highest BCUT2D eigenvalue weighted by molar-refractivity contribution is 5.99. The Balaban J connectivity index is 1.84. The average Bonchev–Trinajstić information content (AvgIpc) is 2.92. The van der Waals surface area contributed by atoms with E-state index in [0.717, 1.165) is 5.56 Å². The van der Waals surface area contributed by atoms with Crippen LogP contribution in [0.3, 0.4) is 0 Å². The van der Waals surface area contributed by atoms with Gasteiger partial charge in [0, 0.05) is 25.4 Å². The number of aromatic nitrogens is 1. The first kappa shape index (κ1) is 30.6. The summed E-state index contributed by atoms with van der Waals surface area (Å²) in [5.41, 5.74) is 1.28. The van der Waals surface area contributed by atoms with Gasteiger partial charge in [0.15, 0.2) is 0 Å². The number of nitrogens with one attached hydrogen (secondary N) is 4. The highest BCUT2D eigenvalue weighted by Crippen LogP contribution is 2.20. The molecule has 2 aromatic rings. The predicted molar refractivity (Wildman–Crippen MR) is 152 cm³/mol. The van der Waals surface area contributed by atoms with Gasteiger partial charge in [0.1, 0.15) is 24.4 Å². The van der Waals surface area contributed by atoms with Crippen molar-refractivity contribution < 1.29 is 23.9 Å². The molecule has 0 saturated heterocycles. The molecule has 0 radical (unpaired) electrons. The summed E-state index contributed by atoms with van der Waals surface area (Å²) in [5, 5.41) is 11.5. The Morgan fingerprint density at radius 3 is 2.45 bits per heavy atom. The van der Waals surface area contributed by atoms with Crippen LogP contribution in [0.25, 0.3) is 0 Å². The van der Waals surface area contributed by atoms with Gasteiger partial charge in [-0.15, -0.1) is 0 Å². The van der Waals surface area contributed by atoms with Gasteiger partial charge in [-0.05, 0) is 60.9 Å². The van der Waals surface area contributed by atoms with Crippen molar-refractivity contribution in [3.8, 4) is 5.75 Å². The molecule has 4 amide bonds. The summed E-state index contributed by atoms with van der Waals surface area (Å²) < 4.78 is 6.03. The minimum atomic E-state index is -0.963. The van der Waals surface area contributed by atoms with Crippen molar-refractivity contribution in [1.29, 1.82) is 0 Å². The van der Waals surface area contributed by atoms with Crippen LogP contribution < -0.4 is 26.0 Å². The molecule has 3 rings (SSSR count). The van der Waals surface area contributed by atoms with Crippen LogP contribution in [0.2, 0.25) is 0 Å². The number of hydrogen-bond acceptors (Lipinski definition) is 6. The Bertz CT molecular complexity index is 1150. The molecular formula is C30H41N5O5. The molecule has 1 aliphatic rings. The SMILES string of the molecule is CC(C)C[C@H]1NC(=O)CC[C@@H](C(=O)NCCc2ccncc2)NC(=O)c2ccccc2OC[C@H](C(C)C)NC1=O. The molecule has 40 heavy (non-hydrogen) atoms. The van der Waals surface area contributed by atoms with Crippen LogP contribution in [0.4, 0.5) is 0 Å². The summed E-state index contributed by atoms with van der Waals surface area (Å²) in [6, 6.07) is 8.47. The fraction of sp³-hybridized carbons (Fsp3) is 0.500. The minimum Gasteiger partial charge on any atom is -0.491 e. The third kappa shape index (κ3) is 9.36. The first-order valence-electron chi connectivity index (χ1n) is 13.9. The van der Waals surface area contributed by atoms with Crippen LogP contribution >= 0.6 is 0 Å². The Morgan fingerprint density at radius 2 is 1.75 bits per heavy atom. The lowest BCUT2D eigenvalue weighted by Gasteiger charge is -2.27. The van der Waals surface area contributed by atoms with Crippen molar-refractivity contribution in [2.75, 3.05) is 13.2 Å². The van der Waals surface area contributed by atoms with Crippen molar-refractivity contribution in [3.05, 3.63) is 59.9 Å². The molecule has 10 nitrogen and oxygen atoms in total. The van der Waals surface area contributed by atoms with E-state index in [9.17, 15) is 19.2 Å². The topological polar surface area (TPSA) is 139 Å². The van der Waals surface area contributed by atoms with E-state index in [1.807, 2.05) is 39.8 Å². The lowest BCUT2D eigenvalue weighted by molar-refractivity contribution is -0.130. The number of amides is 4. The second-order valence-corrected chi connectivity index (χ2v) is 10.9. The third-order valence-electron chi connectivity index (χ3n) is 6.79. The molecule has 0 bridgehead atoms. The highest BCUT2D eigenvalue weighted by Gasteiger charge is 2.29. The predicted octanol–water partition coefficient (Wildman–Crippen LogP) is 2.38. The normalized spacial score (nSPS) is 20.8. The molecule has 4 N–H and O–H groups in total. The summed E-state index contributed by atoms with van der Waals surface area (Å²) in [6.07, 6.45) is 4.44. The lowest BCUT2D eigenvalue weighted by atomic mass is 10.0. The van der Waals surface area contributed by atoms with Gasteiger partial charge < -0.3 is 26.0 Å². The lowest BCUT2D eigenvalue weighted by Crippen LogP contribution is -2.53. The number of benzene rings is 1. The standard InChI is InChI=1S/C30H41N5O5/c1-19(2)17-24-30(39)35-25(20(3)4)18-40-26-8-6-5-7-22(26)28(37)34-23(9-10-27(36)33-24)29(38)32-16-13-21-11-14-31-15-12-21/h5-8,11-12,14-15,19-20,23-25H,9-10,13,16-18H2,1-4H3,(H,32,38)(H,33,36)(H,34,37)(H,35,39)/t23-,24+,25+/m0/s1. The summed E-state index contributed by atoms with van der Waals surface area (Å²) in [5.74, 6) is -0.977. The monoisotopic (exact) mass is 551 g/mol. The summed E-state index contributed by atoms with van der Waals surface area (Å²) in [4.78, 5) is 56.7. The number of nitrogens with zero attached hydrogens (tertiary/aromatic N) is 1. The first-order valence-corrected chi connectivity index (χ1v) is 13.9. The Hall–Kier alpha value is -3.95. The number of carbonyl (C=O) groups excluding carboxylic acids is 4. The maximum atomic E-state index is 13.3. The Labute approximate surface area is 236 Å². The van der Waals surface area contributed by atoms with E-state index in [0.29, 0.717) is 25.1 Å². The fourth-order valence-corrected chi connectivity index (χ4v) is 4.40.